The summed E-state index contributed by atoms with van der Waals surface area (Å²) in [6.45, 7) is 0.154. The molecule has 2 N–H and O–H groups in total. The number of amides is 1. The molecule has 0 unspecified atom stereocenters. The van der Waals surface area contributed by atoms with Gasteiger partial charge in [-0.25, -0.2) is 4.39 Å². The lowest BCUT2D eigenvalue weighted by Gasteiger charge is -2.08. The third kappa shape index (κ3) is 3.95. The van der Waals surface area contributed by atoms with E-state index in [1.54, 1.807) is 42.7 Å². The number of benzene rings is 2. The lowest BCUT2D eigenvalue weighted by molar-refractivity contribution is 0.0950. The first kappa shape index (κ1) is 15.7. The molecule has 1 heterocycles. The highest BCUT2D eigenvalue weighted by atomic mass is 19.1. The van der Waals surface area contributed by atoms with Crippen LogP contribution in [0.15, 0.2) is 73.1 Å². The summed E-state index contributed by atoms with van der Waals surface area (Å²) in [6, 6.07) is 17.2. The summed E-state index contributed by atoms with van der Waals surface area (Å²) in [4.78, 5) is 16.2. The Morgan fingerprint density at radius 2 is 1.75 bits per heavy atom. The van der Waals surface area contributed by atoms with Crippen molar-refractivity contribution in [1.82, 2.24) is 10.3 Å². The Morgan fingerprint density at radius 3 is 2.46 bits per heavy atom. The van der Waals surface area contributed by atoms with Crippen LogP contribution in [0.1, 0.15) is 15.9 Å². The van der Waals surface area contributed by atoms with E-state index in [2.05, 4.69) is 15.6 Å². The van der Waals surface area contributed by atoms with Gasteiger partial charge in [-0.2, -0.15) is 0 Å². The zero-order valence-electron chi connectivity index (χ0n) is 12.9. The van der Waals surface area contributed by atoms with Gasteiger partial charge in [-0.15, -0.1) is 0 Å². The van der Waals surface area contributed by atoms with Crippen LogP contribution in [0.25, 0.3) is 0 Å². The summed E-state index contributed by atoms with van der Waals surface area (Å²) < 4.78 is 13.5. The molecule has 3 aromatic rings. The smallest absolute Gasteiger partial charge is 0.251 e. The molecule has 0 spiro atoms. The van der Waals surface area contributed by atoms with Gasteiger partial charge in [0.2, 0.25) is 0 Å². The van der Waals surface area contributed by atoms with Crippen LogP contribution in [0.4, 0.5) is 15.8 Å². The van der Waals surface area contributed by atoms with Gasteiger partial charge in [-0.1, -0.05) is 18.2 Å². The predicted octanol–water partition coefficient (Wildman–Crippen LogP) is 3.89. The number of anilines is 2. The summed E-state index contributed by atoms with van der Waals surface area (Å²) in [5.41, 5.74) is 2.70. The molecule has 24 heavy (non-hydrogen) atoms. The highest BCUT2D eigenvalue weighted by Crippen LogP contribution is 2.16. The molecular weight excluding hydrogens is 305 g/mol. The predicted molar refractivity (Wildman–Crippen MR) is 91.5 cm³/mol. The number of aromatic nitrogens is 1. The zero-order valence-corrected chi connectivity index (χ0v) is 12.9. The van der Waals surface area contributed by atoms with E-state index in [4.69, 9.17) is 0 Å². The average Bonchev–Trinajstić information content (AvgIpc) is 2.62. The van der Waals surface area contributed by atoms with E-state index in [1.807, 2.05) is 24.3 Å². The molecule has 0 saturated heterocycles. The normalized spacial score (nSPS) is 10.2. The van der Waals surface area contributed by atoms with E-state index in [9.17, 15) is 9.18 Å². The monoisotopic (exact) mass is 321 g/mol. The van der Waals surface area contributed by atoms with Crippen molar-refractivity contribution in [3.63, 3.8) is 0 Å². The molecular formula is C19H16FN3O. The van der Waals surface area contributed by atoms with Gasteiger partial charge in [0.1, 0.15) is 5.82 Å². The maximum atomic E-state index is 13.5. The lowest BCUT2D eigenvalue weighted by atomic mass is 10.1. The van der Waals surface area contributed by atoms with Gasteiger partial charge in [-0.05, 0) is 42.5 Å². The van der Waals surface area contributed by atoms with Crippen LogP contribution in [-0.4, -0.2) is 10.9 Å². The number of nitrogens with one attached hydrogen (secondary N) is 2. The molecule has 1 aromatic heterocycles. The minimum atomic E-state index is -0.325. The molecule has 4 nitrogen and oxygen atoms in total. The molecule has 0 bridgehead atoms. The number of pyridine rings is 1. The Balaban J connectivity index is 1.61. The van der Waals surface area contributed by atoms with Crippen molar-refractivity contribution in [2.45, 2.75) is 6.54 Å². The first-order chi connectivity index (χ1) is 11.7. The number of carbonyl (C=O) groups excluding carboxylic acids is 1. The van der Waals surface area contributed by atoms with Gasteiger partial charge < -0.3 is 10.6 Å². The van der Waals surface area contributed by atoms with Gasteiger partial charge in [0.05, 0.1) is 11.9 Å². The van der Waals surface area contributed by atoms with Crippen molar-refractivity contribution in [3.8, 4) is 0 Å². The van der Waals surface area contributed by atoms with E-state index in [1.165, 1.54) is 6.07 Å². The Morgan fingerprint density at radius 1 is 0.958 bits per heavy atom. The Kier molecular flexibility index (Phi) is 4.81. The Hall–Kier alpha value is -3.21. The second kappa shape index (κ2) is 7.37. The van der Waals surface area contributed by atoms with Crippen molar-refractivity contribution < 1.29 is 9.18 Å². The maximum Gasteiger partial charge on any atom is 0.251 e. The minimum absolute atomic E-state index is 0.154. The average molecular weight is 321 g/mol. The molecule has 0 saturated carbocycles. The van der Waals surface area contributed by atoms with Gasteiger partial charge in [0.15, 0.2) is 0 Å². The number of nitrogens with zero attached hydrogens (tertiary/aromatic N) is 1. The van der Waals surface area contributed by atoms with Crippen LogP contribution in [0, 0.1) is 5.82 Å². The summed E-state index contributed by atoms with van der Waals surface area (Å²) in [7, 11) is 0. The van der Waals surface area contributed by atoms with Gasteiger partial charge in [0.25, 0.3) is 5.91 Å². The van der Waals surface area contributed by atoms with Crippen LogP contribution in [0.5, 0.6) is 0 Å². The van der Waals surface area contributed by atoms with Crippen LogP contribution >= 0.6 is 0 Å². The standard InChI is InChI=1S/C19H16FN3O/c20-18-6-2-1-4-15(18)12-22-19(24)14-7-9-16(10-8-14)23-17-5-3-11-21-13-17/h1-11,13,23H,12H2,(H,22,24). The van der Waals surface area contributed by atoms with Crippen molar-refractivity contribution in [2.24, 2.45) is 0 Å². The van der Waals surface area contributed by atoms with Crippen molar-refractivity contribution in [2.75, 3.05) is 5.32 Å². The number of rotatable bonds is 5. The summed E-state index contributed by atoms with van der Waals surface area (Å²) >= 11 is 0. The van der Waals surface area contributed by atoms with Gasteiger partial charge in [0, 0.05) is 29.6 Å². The largest absolute Gasteiger partial charge is 0.354 e. The van der Waals surface area contributed by atoms with E-state index >= 15 is 0 Å². The second-order valence-corrected chi connectivity index (χ2v) is 5.22. The van der Waals surface area contributed by atoms with E-state index in [0.29, 0.717) is 11.1 Å². The van der Waals surface area contributed by atoms with Crippen molar-refractivity contribution in [3.05, 3.63) is 90.0 Å². The minimum Gasteiger partial charge on any atom is -0.354 e. The molecule has 120 valence electrons. The molecule has 0 aliphatic heterocycles. The second-order valence-electron chi connectivity index (χ2n) is 5.22. The summed E-state index contributed by atoms with van der Waals surface area (Å²) in [5.74, 6) is -0.569. The molecule has 2 aromatic carbocycles. The third-order valence-corrected chi connectivity index (χ3v) is 3.49. The number of carbonyl (C=O) groups is 1. The molecule has 1 amide bonds. The highest BCUT2D eigenvalue weighted by molar-refractivity contribution is 5.94. The lowest BCUT2D eigenvalue weighted by Crippen LogP contribution is -2.23. The van der Waals surface area contributed by atoms with E-state index in [0.717, 1.165) is 11.4 Å². The molecule has 0 aliphatic rings. The number of halogens is 1. The molecule has 0 aliphatic carbocycles. The molecule has 0 atom stereocenters. The fourth-order valence-electron chi connectivity index (χ4n) is 2.23. The third-order valence-electron chi connectivity index (χ3n) is 3.49. The SMILES string of the molecule is O=C(NCc1ccccc1F)c1ccc(Nc2cccnc2)cc1. The van der Waals surface area contributed by atoms with Crippen molar-refractivity contribution in [1.29, 1.82) is 0 Å². The molecule has 3 rings (SSSR count). The van der Waals surface area contributed by atoms with Gasteiger partial charge >= 0.3 is 0 Å². The van der Waals surface area contributed by atoms with Gasteiger partial charge in [-0.3, -0.25) is 9.78 Å². The van der Waals surface area contributed by atoms with E-state index in [-0.39, 0.29) is 18.3 Å². The summed E-state index contributed by atoms with van der Waals surface area (Å²) in [5, 5.41) is 5.91. The molecule has 5 heteroatoms. The molecule has 0 fully saturated rings. The van der Waals surface area contributed by atoms with Crippen LogP contribution in [0.2, 0.25) is 0 Å². The fraction of sp³-hybridized carbons (Fsp3) is 0.0526. The Labute approximate surface area is 139 Å². The molecule has 0 radical (unpaired) electrons. The van der Waals surface area contributed by atoms with Crippen LogP contribution in [0.3, 0.4) is 0 Å². The first-order valence-corrected chi connectivity index (χ1v) is 7.51. The topological polar surface area (TPSA) is 54.0 Å². The number of hydrogen-bond donors (Lipinski definition) is 2. The highest BCUT2D eigenvalue weighted by Gasteiger charge is 2.07. The number of hydrogen-bond acceptors (Lipinski definition) is 3. The Bertz CT molecular complexity index is 820. The fourth-order valence-corrected chi connectivity index (χ4v) is 2.23. The van der Waals surface area contributed by atoms with Crippen molar-refractivity contribution >= 4 is 17.3 Å². The van der Waals surface area contributed by atoms with Crippen LogP contribution in [-0.2, 0) is 6.54 Å². The van der Waals surface area contributed by atoms with E-state index < -0.39 is 0 Å². The summed E-state index contributed by atoms with van der Waals surface area (Å²) in [6.07, 6.45) is 3.42. The van der Waals surface area contributed by atoms with Crippen LogP contribution < -0.4 is 10.6 Å². The maximum absolute atomic E-state index is 13.5. The quantitative estimate of drug-likeness (QED) is 0.749. The zero-order chi connectivity index (χ0) is 16.8. The first-order valence-electron chi connectivity index (χ1n) is 7.51.